The van der Waals surface area contributed by atoms with E-state index in [0.29, 0.717) is 0 Å². The quantitative estimate of drug-likeness (QED) is 0.590. The highest BCUT2D eigenvalue weighted by Crippen LogP contribution is 2.14. The maximum absolute atomic E-state index is 10.3. The smallest absolute Gasteiger partial charge is 0.243 e. The van der Waals surface area contributed by atoms with Crippen LogP contribution in [0, 0.1) is 10.1 Å². The summed E-state index contributed by atoms with van der Waals surface area (Å²) in [6.07, 6.45) is 1.53. The second kappa shape index (κ2) is 4.18. The highest BCUT2D eigenvalue weighted by atomic mass is 79.9. The molecule has 4 heteroatoms. The van der Waals surface area contributed by atoms with Gasteiger partial charge in [-0.3, -0.25) is 10.1 Å². The van der Waals surface area contributed by atoms with Gasteiger partial charge in [-0.15, -0.1) is 0 Å². The average Bonchev–Trinajstić information content (AvgIpc) is 2.04. The lowest BCUT2D eigenvalue weighted by molar-refractivity contribution is -0.422. The first-order valence-electron chi connectivity index (χ1n) is 3.68. The van der Waals surface area contributed by atoms with E-state index in [-0.39, 0.29) is 5.70 Å². The van der Waals surface area contributed by atoms with Crippen LogP contribution < -0.4 is 0 Å². The fraction of sp³-hybridized carbons (Fsp3) is 0.111. The molecule has 0 aliphatic rings. The van der Waals surface area contributed by atoms with Crippen LogP contribution in [0.15, 0.2) is 34.4 Å². The summed E-state index contributed by atoms with van der Waals surface area (Å²) in [7, 11) is 0. The maximum atomic E-state index is 10.3. The predicted octanol–water partition coefficient (Wildman–Crippen LogP) is 3.09. The zero-order chi connectivity index (χ0) is 9.84. The maximum Gasteiger partial charge on any atom is 0.243 e. The highest BCUT2D eigenvalue weighted by molar-refractivity contribution is 9.10. The molecule has 13 heavy (non-hydrogen) atoms. The van der Waals surface area contributed by atoms with Gasteiger partial charge in [-0.05, 0) is 17.7 Å². The first kappa shape index (κ1) is 9.92. The van der Waals surface area contributed by atoms with Crippen molar-refractivity contribution in [1.29, 1.82) is 0 Å². The first-order chi connectivity index (χ1) is 6.09. The van der Waals surface area contributed by atoms with Gasteiger partial charge in [-0.1, -0.05) is 28.1 Å². The SMILES string of the molecule is C/C(=C\c1cccc(Br)c1)[N+](=O)[O-]. The summed E-state index contributed by atoms with van der Waals surface area (Å²) in [5, 5.41) is 10.3. The molecule has 0 saturated carbocycles. The van der Waals surface area contributed by atoms with Gasteiger partial charge in [-0.25, -0.2) is 0 Å². The van der Waals surface area contributed by atoms with Crippen molar-refractivity contribution in [2.24, 2.45) is 0 Å². The lowest BCUT2D eigenvalue weighted by atomic mass is 10.2. The molecule has 0 N–H and O–H groups in total. The van der Waals surface area contributed by atoms with Crippen LogP contribution in [0.5, 0.6) is 0 Å². The van der Waals surface area contributed by atoms with Crippen molar-refractivity contribution >= 4 is 22.0 Å². The summed E-state index contributed by atoms with van der Waals surface area (Å²) >= 11 is 3.29. The van der Waals surface area contributed by atoms with Crippen LogP contribution in [-0.2, 0) is 0 Å². The highest BCUT2D eigenvalue weighted by Gasteiger charge is 2.01. The molecule has 0 saturated heterocycles. The fourth-order valence-corrected chi connectivity index (χ4v) is 1.31. The summed E-state index contributed by atoms with van der Waals surface area (Å²) in [5.41, 5.74) is 0.960. The second-order valence-electron chi connectivity index (χ2n) is 2.60. The topological polar surface area (TPSA) is 43.1 Å². The monoisotopic (exact) mass is 241 g/mol. The molecule has 1 rings (SSSR count). The number of hydrogen-bond acceptors (Lipinski definition) is 2. The van der Waals surface area contributed by atoms with Gasteiger partial charge >= 0.3 is 0 Å². The van der Waals surface area contributed by atoms with Crippen molar-refractivity contribution in [3.8, 4) is 0 Å². The molecule has 0 aromatic heterocycles. The van der Waals surface area contributed by atoms with Gasteiger partial charge in [0.1, 0.15) is 0 Å². The van der Waals surface area contributed by atoms with Gasteiger partial charge in [0.15, 0.2) is 0 Å². The lowest BCUT2D eigenvalue weighted by Crippen LogP contribution is -1.92. The Morgan fingerprint density at radius 1 is 1.62 bits per heavy atom. The molecule has 0 bridgehead atoms. The third-order valence-corrected chi connectivity index (χ3v) is 2.01. The van der Waals surface area contributed by atoms with E-state index in [9.17, 15) is 10.1 Å². The molecule has 0 aliphatic heterocycles. The fourth-order valence-electron chi connectivity index (χ4n) is 0.890. The Labute approximate surface area is 84.4 Å². The third-order valence-electron chi connectivity index (χ3n) is 1.51. The number of rotatable bonds is 2. The van der Waals surface area contributed by atoms with E-state index in [2.05, 4.69) is 15.9 Å². The lowest BCUT2D eigenvalue weighted by Gasteiger charge is -1.94. The van der Waals surface area contributed by atoms with Crippen LogP contribution in [-0.4, -0.2) is 4.92 Å². The molecule has 0 amide bonds. The Bertz CT molecular complexity index is 360. The van der Waals surface area contributed by atoms with Crippen molar-refractivity contribution in [2.45, 2.75) is 6.92 Å². The number of allylic oxidation sites excluding steroid dienone is 1. The molecule has 68 valence electrons. The van der Waals surface area contributed by atoms with Gasteiger partial charge in [0.05, 0.1) is 4.92 Å². The molecule has 0 unspecified atom stereocenters. The molecule has 0 heterocycles. The van der Waals surface area contributed by atoms with Crippen LogP contribution in [0.25, 0.3) is 6.08 Å². The molecular weight excluding hydrogens is 234 g/mol. The van der Waals surface area contributed by atoms with Crippen LogP contribution in [0.2, 0.25) is 0 Å². The number of nitro groups is 1. The molecule has 0 spiro atoms. The number of hydrogen-bond donors (Lipinski definition) is 0. The van der Waals surface area contributed by atoms with Gasteiger partial charge in [0, 0.05) is 17.5 Å². The number of halogens is 1. The first-order valence-corrected chi connectivity index (χ1v) is 4.47. The van der Waals surface area contributed by atoms with Crippen molar-refractivity contribution < 1.29 is 4.92 Å². The van der Waals surface area contributed by atoms with Crippen LogP contribution in [0.1, 0.15) is 12.5 Å². The third kappa shape index (κ3) is 2.99. The Hall–Kier alpha value is -1.16. The number of nitrogens with zero attached hydrogens (tertiary/aromatic N) is 1. The van der Waals surface area contributed by atoms with E-state index in [1.807, 2.05) is 24.3 Å². The van der Waals surface area contributed by atoms with Crippen LogP contribution >= 0.6 is 15.9 Å². The van der Waals surface area contributed by atoms with E-state index in [4.69, 9.17) is 0 Å². The zero-order valence-electron chi connectivity index (χ0n) is 7.03. The Balaban J connectivity index is 2.97. The van der Waals surface area contributed by atoms with Gasteiger partial charge in [0.2, 0.25) is 5.70 Å². The summed E-state index contributed by atoms with van der Waals surface area (Å²) in [6, 6.07) is 7.35. The van der Waals surface area contributed by atoms with Crippen molar-refractivity contribution in [3.63, 3.8) is 0 Å². The molecule has 0 radical (unpaired) electrons. The summed E-state index contributed by atoms with van der Waals surface area (Å²) in [6.45, 7) is 1.47. The van der Waals surface area contributed by atoms with Crippen LogP contribution in [0.3, 0.4) is 0 Å². The Kier molecular flexibility index (Phi) is 3.19. The predicted molar refractivity (Wildman–Crippen MR) is 54.8 cm³/mol. The van der Waals surface area contributed by atoms with E-state index in [1.165, 1.54) is 13.0 Å². The van der Waals surface area contributed by atoms with E-state index >= 15 is 0 Å². The van der Waals surface area contributed by atoms with E-state index < -0.39 is 4.92 Å². The summed E-state index contributed by atoms with van der Waals surface area (Å²) in [4.78, 5) is 9.91. The minimum Gasteiger partial charge on any atom is -0.259 e. The van der Waals surface area contributed by atoms with Gasteiger partial charge in [-0.2, -0.15) is 0 Å². The van der Waals surface area contributed by atoms with Crippen molar-refractivity contribution in [1.82, 2.24) is 0 Å². The normalized spacial score (nSPS) is 11.4. The Morgan fingerprint density at radius 2 is 2.31 bits per heavy atom. The van der Waals surface area contributed by atoms with Gasteiger partial charge in [0.25, 0.3) is 0 Å². The largest absolute Gasteiger partial charge is 0.259 e. The molecule has 3 nitrogen and oxygen atoms in total. The van der Waals surface area contributed by atoms with E-state index in [1.54, 1.807) is 0 Å². The molecule has 1 aromatic carbocycles. The second-order valence-corrected chi connectivity index (χ2v) is 3.51. The van der Waals surface area contributed by atoms with Crippen molar-refractivity contribution in [2.75, 3.05) is 0 Å². The van der Waals surface area contributed by atoms with E-state index in [0.717, 1.165) is 10.0 Å². The molecule has 0 aliphatic carbocycles. The summed E-state index contributed by atoms with van der Waals surface area (Å²) in [5.74, 6) is 0. The summed E-state index contributed by atoms with van der Waals surface area (Å²) < 4.78 is 0.914. The standard InChI is InChI=1S/C9H8BrNO2/c1-7(11(12)13)5-8-3-2-4-9(10)6-8/h2-6H,1H3/b7-5+. The molecule has 0 atom stereocenters. The zero-order valence-corrected chi connectivity index (χ0v) is 8.61. The average molecular weight is 242 g/mol. The van der Waals surface area contributed by atoms with Crippen LogP contribution in [0.4, 0.5) is 0 Å². The molecule has 1 aromatic rings. The minimum absolute atomic E-state index is 0.137. The molecule has 0 fully saturated rings. The van der Waals surface area contributed by atoms with Gasteiger partial charge < -0.3 is 0 Å². The molecular formula is C9H8BrNO2. The Morgan fingerprint density at radius 3 is 2.85 bits per heavy atom. The number of benzene rings is 1. The van der Waals surface area contributed by atoms with Crippen molar-refractivity contribution in [3.05, 3.63) is 50.1 Å². The minimum atomic E-state index is -0.402.